The summed E-state index contributed by atoms with van der Waals surface area (Å²) in [6.07, 6.45) is 0. The Morgan fingerprint density at radius 1 is 0.190 bits per heavy atom. The monoisotopic (exact) mass is 1600 g/mol. The molecule has 198 valence electrons. The Kier molecular flexibility index (Phi) is 571. The van der Waals surface area contributed by atoms with E-state index >= 15 is 0 Å². The normalized spacial score (nSPS) is 3.71. The topological polar surface area (TPSA) is 379 Å². The Bertz CT molecular complexity index is 309. The van der Waals surface area contributed by atoms with Crippen LogP contribution in [0.25, 0.3) is 0 Å². The molecule has 0 unspecified atom stereocenters. The Balaban J connectivity index is -0.00000000388. The van der Waals surface area contributed by atoms with E-state index < -0.39 is 126 Å². The van der Waals surface area contributed by atoms with E-state index in [1.807, 2.05) is 0 Å². The SMILES string of the molecule is F.F.F.F.F.F.[K+].[K+].[K+].[K+].[K+].[K+].[K+].[K+].[K+].[K+].[K+].[K+].[O]=[Sb]([O-])[O-].[O]=[Sb]([O-])[O-].[O]=[Sb]([O-])[O-].[O]=[Sb]([O-])[O-].[O]=[Sb]([O-])[O-].[O]=[Sb]([O-])[O-]. The second-order valence-electron chi connectivity index (χ2n) is 1.34. The van der Waals surface area contributed by atoms with Crippen molar-refractivity contribution >= 4 is 126 Å². The van der Waals surface area contributed by atoms with Crippen molar-refractivity contribution in [2.75, 3.05) is 0 Å². The van der Waals surface area contributed by atoms with Gasteiger partial charge in [-0.05, 0) is 0 Å². The van der Waals surface area contributed by atoms with Gasteiger partial charge < -0.3 is 0 Å². The maximum absolute atomic E-state index is 8.60. The Morgan fingerprint density at radius 2 is 0.190 bits per heavy atom. The van der Waals surface area contributed by atoms with Crippen molar-refractivity contribution in [2.45, 2.75) is 0 Å². The van der Waals surface area contributed by atoms with Gasteiger partial charge in [-0.2, -0.15) is 0 Å². The molecule has 18 nitrogen and oxygen atoms in total. The van der Waals surface area contributed by atoms with Crippen LogP contribution in [-0.2, 0) is 18.1 Å². The van der Waals surface area contributed by atoms with Gasteiger partial charge in [0.25, 0.3) is 0 Å². The molecule has 0 bridgehead atoms. The molecule has 0 rings (SSSR count). The van der Waals surface area contributed by atoms with Gasteiger partial charge in [-0.15, -0.1) is 0 Å². The van der Waals surface area contributed by atoms with Gasteiger partial charge in [0, 0.05) is 0 Å². The molecule has 0 N–H and O–H groups in total. The molecule has 0 aromatic heterocycles. The molecular weight excluding hydrogens is 1600 g/mol. The molecule has 0 atom stereocenters. The van der Waals surface area contributed by atoms with Crippen LogP contribution in [0.4, 0.5) is 28.2 Å². The Hall–Kier alpha value is 22.4. The van der Waals surface area contributed by atoms with Gasteiger partial charge in [0.05, 0.1) is 0 Å². The van der Waals surface area contributed by atoms with Crippen LogP contribution < -0.4 is 657 Å². The second kappa shape index (κ2) is 151. The molecule has 0 aliphatic rings. The van der Waals surface area contributed by atoms with Crippen LogP contribution in [0.1, 0.15) is 0 Å². The minimum absolute atomic E-state index is 0. The molecule has 0 aromatic carbocycles. The van der Waals surface area contributed by atoms with E-state index in [0.717, 1.165) is 0 Å². The van der Waals surface area contributed by atoms with Crippen molar-refractivity contribution in [3.63, 3.8) is 0 Å². The molecule has 0 amide bonds. The van der Waals surface area contributed by atoms with E-state index in [2.05, 4.69) is 0 Å². The van der Waals surface area contributed by atoms with E-state index in [1.165, 1.54) is 0 Å². The first-order valence-corrected chi connectivity index (χ1v) is 22.0. The molecule has 6 radical (unpaired) electrons. The van der Waals surface area contributed by atoms with E-state index in [-0.39, 0.29) is 645 Å². The first-order valence-electron chi connectivity index (χ1n) is 3.29. The van der Waals surface area contributed by atoms with Crippen LogP contribution in [0, 0.1) is 0 Å². The van der Waals surface area contributed by atoms with E-state index in [1.54, 1.807) is 0 Å². The third-order valence-corrected chi connectivity index (χ3v) is 0. The molecule has 0 aliphatic heterocycles. The summed E-state index contributed by atoms with van der Waals surface area (Å²) in [5.74, 6) is 0. The molecule has 42 heteroatoms. The van der Waals surface area contributed by atoms with E-state index in [4.69, 9.17) is 58.7 Å². The van der Waals surface area contributed by atoms with Gasteiger partial charge >= 0.3 is 802 Å². The van der Waals surface area contributed by atoms with Gasteiger partial charge in [0.15, 0.2) is 0 Å². The van der Waals surface area contributed by atoms with Gasteiger partial charge in [-0.3, -0.25) is 28.2 Å². The quantitative estimate of drug-likeness (QED) is 0.161. The molecule has 0 aromatic rings. The number of rotatable bonds is 0. The van der Waals surface area contributed by atoms with Crippen molar-refractivity contribution in [1.82, 2.24) is 0 Å². The fraction of sp³-hybridized carbons (Fsp3) is 0. The fourth-order valence-corrected chi connectivity index (χ4v) is 0. The third kappa shape index (κ3) is 468. The first kappa shape index (κ1) is 159. The van der Waals surface area contributed by atoms with Crippen molar-refractivity contribution in [2.24, 2.45) is 0 Å². The summed E-state index contributed by atoms with van der Waals surface area (Å²) >= 11 is -25.2. The molecule has 42 heavy (non-hydrogen) atoms. The van der Waals surface area contributed by atoms with Crippen LogP contribution in [0.5, 0.6) is 0 Å². The second-order valence-corrected chi connectivity index (χ2v) is 9.00. The van der Waals surface area contributed by atoms with Crippen molar-refractivity contribution in [3.8, 4) is 0 Å². The summed E-state index contributed by atoms with van der Waals surface area (Å²) in [4.78, 5) is 0. The predicted molar refractivity (Wildman–Crippen MR) is 53.7 cm³/mol. The van der Waals surface area contributed by atoms with E-state index in [9.17, 15) is 0 Å². The summed E-state index contributed by atoms with van der Waals surface area (Å²) in [5.41, 5.74) is 0. The molecule has 0 aliphatic carbocycles. The zero-order valence-electron chi connectivity index (χ0n) is 24.5. The summed E-state index contributed by atoms with van der Waals surface area (Å²) in [6, 6.07) is 0. The molecule has 0 saturated heterocycles. The van der Waals surface area contributed by atoms with Crippen molar-refractivity contribution in [3.05, 3.63) is 0 Å². The van der Waals surface area contributed by atoms with Gasteiger partial charge in [-0.25, -0.2) is 0 Å². The Labute approximate surface area is 797 Å². The standard InChI is InChI=1S/6FH.12K.18O.6Sb/h6*1H;;;;;;;;;;;;;;;;;;;;;;;;;;;;;;;;;;;;/q;;;;;;12*+1;;;;;;;12*-1;;;;;;. The minimum atomic E-state index is -4.20. The third-order valence-electron chi connectivity index (χ3n) is 0. The van der Waals surface area contributed by atoms with Crippen LogP contribution in [-0.4, -0.2) is 126 Å². The average Bonchev–Trinajstić information content (AvgIpc) is 2.08. The van der Waals surface area contributed by atoms with Crippen LogP contribution in [0.2, 0.25) is 0 Å². The molecular formula is H6F6K12O18Sb6. The zero-order chi connectivity index (χ0) is 21.5. The van der Waals surface area contributed by atoms with Crippen LogP contribution in [0.15, 0.2) is 0 Å². The number of hydrogen-bond acceptors (Lipinski definition) is 18. The number of halogens is 6. The molecule has 0 heterocycles. The van der Waals surface area contributed by atoms with Crippen molar-refractivity contribution < 1.29 is 704 Å². The summed E-state index contributed by atoms with van der Waals surface area (Å²) in [5, 5.41) is 0. The first-order chi connectivity index (χ1) is 10.4. The van der Waals surface area contributed by atoms with Gasteiger partial charge in [-0.1, -0.05) is 0 Å². The van der Waals surface area contributed by atoms with Crippen LogP contribution >= 0.6 is 0 Å². The summed E-state index contributed by atoms with van der Waals surface area (Å²) in [7, 11) is 0. The summed E-state index contributed by atoms with van der Waals surface area (Å²) < 4.78 is 155. The summed E-state index contributed by atoms with van der Waals surface area (Å²) in [6.45, 7) is 0. The average molecular weight is 1610 g/mol. The van der Waals surface area contributed by atoms with Crippen LogP contribution in [0.3, 0.4) is 0 Å². The Morgan fingerprint density at radius 3 is 0.190 bits per heavy atom. The maximum atomic E-state index is 8.60. The molecule has 0 spiro atoms. The van der Waals surface area contributed by atoms with Crippen molar-refractivity contribution in [1.29, 1.82) is 0 Å². The zero-order valence-corrected chi connectivity index (χ0v) is 77.3. The molecule has 0 saturated carbocycles. The van der Waals surface area contributed by atoms with Gasteiger partial charge in [0.2, 0.25) is 0 Å². The van der Waals surface area contributed by atoms with Gasteiger partial charge in [0.1, 0.15) is 0 Å². The fourth-order valence-electron chi connectivity index (χ4n) is 0. The molecule has 0 fully saturated rings. The number of hydrogen-bond donors (Lipinski definition) is 0. The predicted octanol–water partition coefficient (Wildman–Crippen LogP) is -52.3. The van der Waals surface area contributed by atoms with E-state index in [0.29, 0.717) is 0 Å².